The molecule has 20 heavy (non-hydrogen) atoms. The highest BCUT2D eigenvalue weighted by molar-refractivity contribution is 7.18. The molecule has 0 saturated carbocycles. The first-order valence-electron chi connectivity index (χ1n) is 7.50. The Balaban J connectivity index is 1.68. The fourth-order valence-electron chi connectivity index (χ4n) is 2.92. The fraction of sp³-hybridized carbons (Fsp3) is 0.562. The number of benzene rings is 1. The molecule has 1 N–H and O–H groups in total. The lowest BCUT2D eigenvalue weighted by Crippen LogP contribution is -2.33. The van der Waals surface area contributed by atoms with Crippen LogP contribution in [0.15, 0.2) is 24.3 Å². The molecule has 1 saturated heterocycles. The van der Waals surface area contributed by atoms with Crippen LogP contribution in [0.4, 0.5) is 0 Å². The van der Waals surface area contributed by atoms with E-state index in [2.05, 4.69) is 36.5 Å². The molecular weight excluding hydrogens is 268 g/mol. The Bertz CT molecular complexity index is 515. The molecule has 2 atom stereocenters. The Labute approximate surface area is 124 Å². The van der Waals surface area contributed by atoms with E-state index < -0.39 is 0 Å². The summed E-state index contributed by atoms with van der Waals surface area (Å²) >= 11 is 1.83. The lowest BCUT2D eigenvalue weighted by Gasteiger charge is -2.19. The first kappa shape index (κ1) is 14.0. The van der Waals surface area contributed by atoms with Gasteiger partial charge in [0.25, 0.3) is 0 Å². The van der Waals surface area contributed by atoms with Crippen molar-refractivity contribution in [1.29, 1.82) is 0 Å². The van der Waals surface area contributed by atoms with Crippen molar-refractivity contribution in [2.24, 2.45) is 5.92 Å². The second-order valence-corrected chi connectivity index (χ2v) is 6.61. The molecule has 1 aliphatic heterocycles. The third kappa shape index (κ3) is 3.37. The smallest absolute Gasteiger partial charge is 0.0954 e. The molecule has 2 heterocycles. The van der Waals surface area contributed by atoms with Crippen LogP contribution in [-0.4, -0.2) is 30.8 Å². The number of aromatic nitrogens is 1. The summed E-state index contributed by atoms with van der Waals surface area (Å²) in [7, 11) is 0. The van der Waals surface area contributed by atoms with Gasteiger partial charge in [-0.1, -0.05) is 19.1 Å². The number of thiazole rings is 1. The summed E-state index contributed by atoms with van der Waals surface area (Å²) in [6.45, 7) is 5.06. The molecule has 2 unspecified atom stereocenters. The molecule has 2 aromatic rings. The van der Waals surface area contributed by atoms with E-state index in [9.17, 15) is 0 Å². The molecule has 0 bridgehead atoms. The topological polar surface area (TPSA) is 34.2 Å². The van der Waals surface area contributed by atoms with Crippen molar-refractivity contribution < 1.29 is 4.74 Å². The largest absolute Gasteiger partial charge is 0.381 e. The van der Waals surface area contributed by atoms with Gasteiger partial charge in [-0.3, -0.25) is 0 Å². The highest BCUT2D eigenvalue weighted by atomic mass is 32.1. The van der Waals surface area contributed by atoms with Crippen LogP contribution in [0.3, 0.4) is 0 Å². The van der Waals surface area contributed by atoms with Crippen LogP contribution in [0.25, 0.3) is 10.2 Å². The van der Waals surface area contributed by atoms with Gasteiger partial charge in [-0.2, -0.15) is 0 Å². The average molecular weight is 290 g/mol. The van der Waals surface area contributed by atoms with Gasteiger partial charge < -0.3 is 10.1 Å². The number of hydrogen-bond acceptors (Lipinski definition) is 4. The molecule has 1 fully saturated rings. The Morgan fingerprint density at radius 1 is 1.45 bits per heavy atom. The Morgan fingerprint density at radius 2 is 2.35 bits per heavy atom. The summed E-state index contributed by atoms with van der Waals surface area (Å²) in [4.78, 5) is 4.76. The maximum Gasteiger partial charge on any atom is 0.0954 e. The van der Waals surface area contributed by atoms with E-state index in [4.69, 9.17) is 9.72 Å². The van der Waals surface area contributed by atoms with Crippen molar-refractivity contribution in [2.75, 3.05) is 19.8 Å². The highest BCUT2D eigenvalue weighted by Crippen LogP contribution is 2.25. The minimum absolute atomic E-state index is 0.521. The van der Waals surface area contributed by atoms with Crippen molar-refractivity contribution >= 4 is 21.6 Å². The molecule has 1 aromatic carbocycles. The number of likely N-dealkylation sites (N-methyl/N-ethyl adjacent to an activating group) is 1. The number of ether oxygens (including phenoxy) is 1. The number of para-hydroxylation sites is 1. The van der Waals surface area contributed by atoms with Crippen LogP contribution >= 0.6 is 11.3 Å². The highest BCUT2D eigenvalue weighted by Gasteiger charge is 2.21. The summed E-state index contributed by atoms with van der Waals surface area (Å²) in [6.07, 6.45) is 3.44. The lowest BCUT2D eigenvalue weighted by atomic mass is 9.97. The first-order valence-corrected chi connectivity index (χ1v) is 8.32. The fourth-order valence-corrected chi connectivity index (χ4v) is 3.96. The molecule has 0 aliphatic carbocycles. The molecular formula is C16H22N2OS. The maximum absolute atomic E-state index is 5.49. The van der Waals surface area contributed by atoms with E-state index in [0.717, 1.165) is 31.7 Å². The maximum atomic E-state index is 5.49. The predicted octanol–water partition coefficient (Wildman–Crippen LogP) is 3.24. The molecule has 1 aliphatic rings. The minimum atomic E-state index is 0.521. The van der Waals surface area contributed by atoms with Gasteiger partial charge in [-0.15, -0.1) is 11.3 Å². The van der Waals surface area contributed by atoms with Crippen LogP contribution in [0.5, 0.6) is 0 Å². The predicted molar refractivity (Wildman–Crippen MR) is 84.3 cm³/mol. The Morgan fingerprint density at radius 3 is 3.10 bits per heavy atom. The van der Waals surface area contributed by atoms with Gasteiger partial charge in [0.15, 0.2) is 0 Å². The van der Waals surface area contributed by atoms with Gasteiger partial charge in [-0.05, 0) is 37.4 Å². The number of rotatable bonds is 6. The third-order valence-corrected chi connectivity index (χ3v) is 4.95. The van der Waals surface area contributed by atoms with Gasteiger partial charge >= 0.3 is 0 Å². The quantitative estimate of drug-likeness (QED) is 0.887. The minimum Gasteiger partial charge on any atom is -0.381 e. The average Bonchev–Trinajstić information content (AvgIpc) is 3.07. The molecule has 0 spiro atoms. The summed E-state index contributed by atoms with van der Waals surface area (Å²) in [6, 6.07) is 8.92. The van der Waals surface area contributed by atoms with Crippen molar-refractivity contribution in [3.8, 4) is 0 Å². The van der Waals surface area contributed by atoms with E-state index in [1.54, 1.807) is 0 Å². The summed E-state index contributed by atoms with van der Waals surface area (Å²) in [5, 5.41) is 4.86. The van der Waals surface area contributed by atoms with Crippen molar-refractivity contribution in [3.05, 3.63) is 29.3 Å². The second kappa shape index (κ2) is 6.66. The van der Waals surface area contributed by atoms with Crippen molar-refractivity contribution in [1.82, 2.24) is 10.3 Å². The standard InChI is InChI=1S/C16H22N2OS/c1-2-17-13(9-12-7-8-19-11-12)10-16-18-14-5-3-4-6-15(14)20-16/h3-6,12-13,17H,2,7-11H2,1H3. The second-order valence-electron chi connectivity index (χ2n) is 5.50. The van der Waals surface area contributed by atoms with E-state index >= 15 is 0 Å². The van der Waals surface area contributed by atoms with E-state index in [0.29, 0.717) is 12.0 Å². The zero-order valence-electron chi connectivity index (χ0n) is 12.0. The molecule has 108 valence electrons. The van der Waals surface area contributed by atoms with Gasteiger partial charge in [0, 0.05) is 25.7 Å². The van der Waals surface area contributed by atoms with Crippen LogP contribution < -0.4 is 5.32 Å². The van der Waals surface area contributed by atoms with Crippen LogP contribution in [-0.2, 0) is 11.2 Å². The number of nitrogens with zero attached hydrogens (tertiary/aromatic N) is 1. The molecule has 0 radical (unpaired) electrons. The zero-order chi connectivity index (χ0) is 13.8. The number of fused-ring (bicyclic) bond motifs is 1. The zero-order valence-corrected chi connectivity index (χ0v) is 12.8. The summed E-state index contributed by atoms with van der Waals surface area (Å²) < 4.78 is 6.79. The normalized spacial score (nSPS) is 20.6. The third-order valence-electron chi connectivity index (χ3n) is 3.89. The van der Waals surface area contributed by atoms with Crippen molar-refractivity contribution in [2.45, 2.75) is 32.2 Å². The summed E-state index contributed by atoms with van der Waals surface area (Å²) in [5.41, 5.74) is 1.13. The van der Waals surface area contributed by atoms with Gasteiger partial charge in [0.1, 0.15) is 0 Å². The lowest BCUT2D eigenvalue weighted by molar-refractivity contribution is 0.181. The number of nitrogens with one attached hydrogen (secondary N) is 1. The monoisotopic (exact) mass is 290 g/mol. The molecule has 3 nitrogen and oxygen atoms in total. The van der Waals surface area contributed by atoms with Crippen molar-refractivity contribution in [3.63, 3.8) is 0 Å². The Hall–Kier alpha value is -0.970. The SMILES string of the molecule is CCNC(Cc1nc2ccccc2s1)CC1CCOC1. The molecule has 3 rings (SSSR count). The van der Waals surface area contributed by atoms with E-state index in [1.807, 2.05) is 11.3 Å². The van der Waals surface area contributed by atoms with Crippen LogP contribution in [0, 0.1) is 5.92 Å². The van der Waals surface area contributed by atoms with Gasteiger partial charge in [0.05, 0.1) is 15.2 Å². The molecule has 1 aromatic heterocycles. The van der Waals surface area contributed by atoms with Crippen LogP contribution in [0.1, 0.15) is 24.8 Å². The molecule has 0 amide bonds. The van der Waals surface area contributed by atoms with E-state index in [-0.39, 0.29) is 0 Å². The molecule has 4 heteroatoms. The summed E-state index contributed by atoms with van der Waals surface area (Å²) in [5.74, 6) is 0.716. The van der Waals surface area contributed by atoms with Gasteiger partial charge in [-0.25, -0.2) is 4.98 Å². The first-order chi connectivity index (χ1) is 9.85. The number of hydrogen-bond donors (Lipinski definition) is 1. The van der Waals surface area contributed by atoms with Crippen LogP contribution in [0.2, 0.25) is 0 Å². The van der Waals surface area contributed by atoms with E-state index in [1.165, 1.54) is 22.5 Å². The van der Waals surface area contributed by atoms with Gasteiger partial charge in [0.2, 0.25) is 0 Å². The Kier molecular flexibility index (Phi) is 4.65.